The van der Waals surface area contributed by atoms with Gasteiger partial charge in [-0.15, -0.1) is 0 Å². The third-order valence-electron chi connectivity index (χ3n) is 7.35. The molecule has 1 aliphatic heterocycles. The lowest BCUT2D eigenvalue weighted by Crippen LogP contribution is -2.42. The van der Waals surface area contributed by atoms with Gasteiger partial charge in [0.25, 0.3) is 0 Å². The minimum Gasteiger partial charge on any atom is -0.383 e. The highest BCUT2D eigenvalue weighted by Crippen LogP contribution is 2.32. The van der Waals surface area contributed by atoms with Crippen LogP contribution >= 0.6 is 11.6 Å². The first-order valence-corrected chi connectivity index (χ1v) is 13.8. The van der Waals surface area contributed by atoms with E-state index in [1.165, 1.54) is 6.07 Å². The van der Waals surface area contributed by atoms with Crippen molar-refractivity contribution in [2.75, 3.05) is 37.5 Å². The molecule has 2 aliphatic rings. The molecule has 0 bridgehead atoms. The number of hydrogen-bond acceptors (Lipinski definition) is 7. The normalized spacial score (nSPS) is 24.4. The Labute approximate surface area is 225 Å². The summed E-state index contributed by atoms with van der Waals surface area (Å²) in [4.78, 5) is 9.09. The smallest absolute Gasteiger partial charge is 0.165 e. The van der Waals surface area contributed by atoms with Crippen LogP contribution in [0.5, 0.6) is 0 Å². The number of nitrogens with one attached hydrogen (secondary N) is 3. The zero-order valence-electron chi connectivity index (χ0n) is 22.4. The van der Waals surface area contributed by atoms with Crippen molar-refractivity contribution in [2.45, 2.75) is 83.0 Å². The molecule has 2 aromatic heterocycles. The molecule has 0 unspecified atom stereocenters. The van der Waals surface area contributed by atoms with Crippen LogP contribution in [0, 0.1) is 11.7 Å². The summed E-state index contributed by atoms with van der Waals surface area (Å²) in [5, 5.41) is 10.9. The molecule has 37 heavy (non-hydrogen) atoms. The minimum atomic E-state index is -0.371. The van der Waals surface area contributed by atoms with Crippen molar-refractivity contribution in [3.63, 3.8) is 0 Å². The lowest BCUT2D eigenvalue weighted by Gasteiger charge is -2.35. The molecule has 0 radical (unpaired) electrons. The summed E-state index contributed by atoms with van der Waals surface area (Å²) in [5.41, 5.74) is 1.20. The topological polar surface area (TPSA) is 80.3 Å². The molecule has 0 amide bonds. The number of pyridine rings is 2. The molecule has 7 nitrogen and oxygen atoms in total. The SMILES string of the molecule is COC[C@H](C)NC1CCC(Nc2cc(-c3ccc(F)c(NC[C@H]4CCOC(C)(C)C4)n3)c(Cl)cn2)CC1. The van der Waals surface area contributed by atoms with Gasteiger partial charge in [0.15, 0.2) is 11.6 Å². The summed E-state index contributed by atoms with van der Waals surface area (Å²) in [6, 6.07) is 6.24. The van der Waals surface area contributed by atoms with Gasteiger partial charge in [-0.25, -0.2) is 14.4 Å². The summed E-state index contributed by atoms with van der Waals surface area (Å²) in [5.74, 6) is 1.04. The summed E-state index contributed by atoms with van der Waals surface area (Å²) in [7, 11) is 1.74. The van der Waals surface area contributed by atoms with Crippen LogP contribution < -0.4 is 16.0 Å². The first kappa shape index (κ1) is 28.0. The molecule has 1 aliphatic carbocycles. The number of ether oxygens (including phenoxy) is 2. The molecular formula is C28H41ClFN5O2. The Morgan fingerprint density at radius 2 is 1.95 bits per heavy atom. The van der Waals surface area contributed by atoms with Crippen LogP contribution in [-0.4, -0.2) is 60.6 Å². The maximum absolute atomic E-state index is 14.6. The van der Waals surface area contributed by atoms with Crippen LogP contribution in [0.2, 0.25) is 5.02 Å². The molecule has 3 N–H and O–H groups in total. The fourth-order valence-electron chi connectivity index (χ4n) is 5.52. The Bertz CT molecular complexity index is 1030. The van der Waals surface area contributed by atoms with Gasteiger partial charge in [-0.1, -0.05) is 11.6 Å². The monoisotopic (exact) mass is 533 g/mol. The van der Waals surface area contributed by atoms with Crippen molar-refractivity contribution in [1.29, 1.82) is 0 Å². The maximum Gasteiger partial charge on any atom is 0.165 e. The van der Waals surface area contributed by atoms with Crippen molar-refractivity contribution in [1.82, 2.24) is 15.3 Å². The Morgan fingerprint density at radius 1 is 1.19 bits per heavy atom. The first-order valence-electron chi connectivity index (χ1n) is 13.4. The van der Waals surface area contributed by atoms with E-state index in [2.05, 4.69) is 46.7 Å². The molecule has 9 heteroatoms. The van der Waals surface area contributed by atoms with Crippen molar-refractivity contribution >= 4 is 23.2 Å². The highest BCUT2D eigenvalue weighted by Gasteiger charge is 2.29. The van der Waals surface area contributed by atoms with Gasteiger partial charge in [-0.2, -0.15) is 0 Å². The van der Waals surface area contributed by atoms with Crippen molar-refractivity contribution in [2.24, 2.45) is 5.92 Å². The highest BCUT2D eigenvalue weighted by molar-refractivity contribution is 6.33. The van der Waals surface area contributed by atoms with E-state index in [-0.39, 0.29) is 17.2 Å². The van der Waals surface area contributed by atoms with E-state index in [0.29, 0.717) is 41.3 Å². The van der Waals surface area contributed by atoms with Gasteiger partial charge < -0.3 is 25.4 Å². The summed E-state index contributed by atoms with van der Waals surface area (Å²) in [6.45, 7) is 8.45. The largest absolute Gasteiger partial charge is 0.383 e. The number of anilines is 2. The Hall–Kier alpha value is -2.00. The Morgan fingerprint density at radius 3 is 2.68 bits per heavy atom. The van der Waals surface area contributed by atoms with Crippen LogP contribution in [0.1, 0.15) is 59.3 Å². The standard InChI is InChI=1S/C28H41ClFN5O2/c1-18(17-36-4)33-20-5-7-21(8-6-20)34-26-13-22(23(29)16-31-26)25-10-9-24(30)27(35-25)32-15-19-11-12-37-28(2,3)14-19/h9-10,13,16,18-21,33H,5-8,11-12,14-15,17H2,1-4H3,(H,31,34)(H,32,35)/t18-,19-,20?,21?/m0/s1. The molecule has 4 rings (SSSR count). The molecule has 2 aromatic rings. The Kier molecular flexibility index (Phi) is 9.62. The lowest BCUT2D eigenvalue weighted by molar-refractivity contribution is -0.0699. The number of methoxy groups -OCH3 is 1. The van der Waals surface area contributed by atoms with Crippen LogP contribution in [-0.2, 0) is 9.47 Å². The average molecular weight is 534 g/mol. The fraction of sp³-hybridized carbons (Fsp3) is 0.643. The molecule has 0 spiro atoms. The van der Waals surface area contributed by atoms with Gasteiger partial charge in [0.05, 0.1) is 22.9 Å². The molecule has 0 aromatic carbocycles. The van der Waals surface area contributed by atoms with Gasteiger partial charge in [-0.3, -0.25) is 0 Å². The summed E-state index contributed by atoms with van der Waals surface area (Å²) in [6.07, 6.45) is 7.84. The van der Waals surface area contributed by atoms with Crippen molar-refractivity contribution < 1.29 is 13.9 Å². The van der Waals surface area contributed by atoms with E-state index in [0.717, 1.165) is 63.1 Å². The minimum absolute atomic E-state index is 0.148. The van der Waals surface area contributed by atoms with E-state index in [9.17, 15) is 4.39 Å². The molecule has 2 fully saturated rings. The van der Waals surface area contributed by atoms with Crippen LogP contribution in [0.3, 0.4) is 0 Å². The zero-order chi connectivity index (χ0) is 26.4. The van der Waals surface area contributed by atoms with Gasteiger partial charge in [0.1, 0.15) is 5.82 Å². The van der Waals surface area contributed by atoms with E-state index < -0.39 is 0 Å². The highest BCUT2D eigenvalue weighted by atomic mass is 35.5. The quantitative estimate of drug-likeness (QED) is 0.351. The van der Waals surface area contributed by atoms with E-state index in [4.69, 9.17) is 21.1 Å². The third-order valence-corrected chi connectivity index (χ3v) is 7.65. The third kappa shape index (κ3) is 7.99. The number of aromatic nitrogens is 2. The van der Waals surface area contributed by atoms with Crippen molar-refractivity contribution in [3.05, 3.63) is 35.2 Å². The number of hydrogen-bond donors (Lipinski definition) is 3. The number of rotatable bonds is 10. The summed E-state index contributed by atoms with van der Waals surface area (Å²) >= 11 is 6.51. The zero-order valence-corrected chi connectivity index (χ0v) is 23.2. The second-order valence-corrected chi connectivity index (χ2v) is 11.5. The molecule has 2 atom stereocenters. The summed E-state index contributed by atoms with van der Waals surface area (Å²) < 4.78 is 25.7. The predicted octanol–water partition coefficient (Wildman–Crippen LogP) is 5.90. The first-order chi connectivity index (χ1) is 17.7. The van der Waals surface area contributed by atoms with Gasteiger partial charge >= 0.3 is 0 Å². The van der Waals surface area contributed by atoms with E-state index in [1.54, 1.807) is 19.4 Å². The fourth-order valence-corrected chi connectivity index (χ4v) is 5.72. The Balaban J connectivity index is 1.38. The van der Waals surface area contributed by atoms with Crippen LogP contribution in [0.25, 0.3) is 11.3 Å². The van der Waals surface area contributed by atoms with E-state index >= 15 is 0 Å². The molecule has 3 heterocycles. The van der Waals surface area contributed by atoms with E-state index in [1.807, 2.05) is 6.07 Å². The average Bonchev–Trinajstić information content (AvgIpc) is 2.85. The van der Waals surface area contributed by atoms with Crippen LogP contribution in [0.4, 0.5) is 16.0 Å². The molecule has 1 saturated carbocycles. The van der Waals surface area contributed by atoms with Gasteiger partial charge in [0.2, 0.25) is 0 Å². The number of nitrogens with zero attached hydrogens (tertiary/aromatic N) is 2. The molecular weight excluding hydrogens is 493 g/mol. The second-order valence-electron chi connectivity index (χ2n) is 11.1. The second kappa shape index (κ2) is 12.7. The van der Waals surface area contributed by atoms with Gasteiger partial charge in [0, 0.05) is 50.1 Å². The maximum atomic E-state index is 14.6. The van der Waals surface area contributed by atoms with Crippen molar-refractivity contribution in [3.8, 4) is 11.3 Å². The lowest BCUT2D eigenvalue weighted by atomic mass is 9.88. The van der Waals surface area contributed by atoms with Crippen LogP contribution in [0.15, 0.2) is 24.4 Å². The predicted molar refractivity (Wildman–Crippen MR) is 148 cm³/mol. The number of halogens is 2. The molecule has 1 saturated heterocycles. The molecule has 204 valence electrons. The van der Waals surface area contributed by atoms with Gasteiger partial charge in [-0.05, 0) is 83.4 Å².